The number of hydrogen-bond donors (Lipinski definition) is 2. The van der Waals surface area contributed by atoms with Gasteiger partial charge in [0.05, 0.1) is 0 Å². The van der Waals surface area contributed by atoms with Gasteiger partial charge in [-0.3, -0.25) is 0 Å². The van der Waals surface area contributed by atoms with Crippen LogP contribution in [0.2, 0.25) is 0 Å². The largest absolute Gasteiger partial charge is 0.405 e. The second kappa shape index (κ2) is 23.5. The fourth-order valence-electron chi connectivity index (χ4n) is 6.29. The third-order valence-corrected chi connectivity index (χ3v) is 9.69. The Hall–Kier alpha value is -5.08. The summed E-state index contributed by atoms with van der Waals surface area (Å²) in [6.07, 6.45) is 29.5. The predicted molar refractivity (Wildman–Crippen MR) is 238 cm³/mol. The summed E-state index contributed by atoms with van der Waals surface area (Å²) in [6, 6.07) is 25.4. The third kappa shape index (κ3) is 13.1. The van der Waals surface area contributed by atoms with E-state index < -0.39 is 0 Å². The molecule has 2 nitrogen and oxygen atoms in total. The first-order chi connectivity index (χ1) is 25.7. The van der Waals surface area contributed by atoms with Gasteiger partial charge >= 0.3 is 0 Å². The lowest BCUT2D eigenvalue weighted by molar-refractivity contribution is 0.450. The van der Waals surface area contributed by atoms with E-state index in [2.05, 4.69) is 157 Å². The molecule has 1 aliphatic carbocycles. The van der Waals surface area contributed by atoms with Crippen LogP contribution in [0.15, 0.2) is 157 Å². The molecule has 0 saturated heterocycles. The fraction of sp³-hybridized carbons (Fsp3) is 0.294. The van der Waals surface area contributed by atoms with E-state index in [0.717, 1.165) is 47.4 Å². The summed E-state index contributed by atoms with van der Waals surface area (Å²) in [5, 5.41) is 2.21. The zero-order chi connectivity index (χ0) is 39.2. The van der Waals surface area contributed by atoms with Crippen molar-refractivity contribution in [1.82, 2.24) is 0 Å². The van der Waals surface area contributed by atoms with Gasteiger partial charge in [0.2, 0.25) is 0 Å². The van der Waals surface area contributed by atoms with Crippen molar-refractivity contribution in [2.45, 2.75) is 88.0 Å². The molecule has 1 unspecified atom stereocenters. The molecule has 0 bridgehead atoms. The SMILES string of the molecule is C=C/C=C\C(=C/CCc1ccccc1/C=C\N)C(C)/C=C\C1=C(/C)C(C)(C)C/C=C(c2cccc(/C(N)=c3\cccc\c3=C\C)c2)\C=C/C1.CC.CC. The first-order valence-corrected chi connectivity index (χ1v) is 19.5. The highest BCUT2D eigenvalue weighted by atomic mass is 14.6. The Morgan fingerprint density at radius 1 is 0.943 bits per heavy atom. The van der Waals surface area contributed by atoms with Crippen LogP contribution < -0.4 is 21.9 Å². The predicted octanol–water partition coefficient (Wildman–Crippen LogP) is 12.2. The van der Waals surface area contributed by atoms with Crippen molar-refractivity contribution in [2.75, 3.05) is 0 Å². The second-order valence-corrected chi connectivity index (χ2v) is 13.4. The van der Waals surface area contributed by atoms with E-state index in [0.29, 0.717) is 0 Å². The summed E-state index contributed by atoms with van der Waals surface area (Å²) < 4.78 is 0. The van der Waals surface area contributed by atoms with Gasteiger partial charge in [-0.1, -0.05) is 188 Å². The molecule has 3 aromatic rings. The molecule has 0 fully saturated rings. The molecule has 0 aromatic heterocycles. The molecule has 0 heterocycles. The van der Waals surface area contributed by atoms with E-state index in [1.54, 1.807) is 6.20 Å². The third-order valence-electron chi connectivity index (χ3n) is 9.69. The van der Waals surface area contributed by atoms with E-state index in [9.17, 15) is 0 Å². The maximum atomic E-state index is 6.75. The Labute approximate surface area is 322 Å². The van der Waals surface area contributed by atoms with Gasteiger partial charge in [0, 0.05) is 10.9 Å². The smallest absolute Gasteiger partial charge is 0.0467 e. The Bertz CT molecular complexity index is 1950. The zero-order valence-corrected chi connectivity index (χ0v) is 34.1. The molecule has 1 atom stereocenters. The van der Waals surface area contributed by atoms with Crippen LogP contribution in [-0.4, -0.2) is 0 Å². The summed E-state index contributed by atoms with van der Waals surface area (Å²) in [4.78, 5) is 0. The average molecular weight is 707 g/mol. The molecule has 3 aromatic carbocycles. The molecule has 53 heavy (non-hydrogen) atoms. The summed E-state index contributed by atoms with van der Waals surface area (Å²) >= 11 is 0. The fourth-order valence-corrected chi connectivity index (χ4v) is 6.29. The number of benzene rings is 3. The van der Waals surface area contributed by atoms with E-state index in [-0.39, 0.29) is 11.3 Å². The number of aryl methyl sites for hydroxylation is 1. The van der Waals surface area contributed by atoms with Crippen LogP contribution in [0.1, 0.15) is 104 Å². The minimum absolute atomic E-state index is 0.00558. The van der Waals surface area contributed by atoms with Gasteiger partial charge in [-0.05, 0) is 113 Å². The lowest BCUT2D eigenvalue weighted by atomic mass is 9.78. The monoisotopic (exact) mass is 707 g/mol. The average Bonchev–Trinajstić information content (AvgIpc) is 3.25. The molecule has 4 rings (SSSR count). The normalized spacial score (nSPS) is 19.2. The number of nitrogens with two attached hydrogens (primary N) is 2. The Morgan fingerprint density at radius 3 is 2.38 bits per heavy atom. The van der Waals surface area contributed by atoms with Crippen molar-refractivity contribution in [3.8, 4) is 0 Å². The first kappa shape index (κ1) is 44.1. The van der Waals surface area contributed by atoms with Gasteiger partial charge in [0.25, 0.3) is 0 Å². The minimum atomic E-state index is 0.00558. The maximum Gasteiger partial charge on any atom is 0.0467 e. The van der Waals surface area contributed by atoms with Crippen molar-refractivity contribution >= 4 is 23.4 Å². The molecular formula is C51H66N2. The van der Waals surface area contributed by atoms with Gasteiger partial charge in [0.15, 0.2) is 0 Å². The first-order valence-electron chi connectivity index (χ1n) is 19.5. The van der Waals surface area contributed by atoms with Crippen LogP contribution in [0, 0.1) is 11.3 Å². The maximum absolute atomic E-state index is 6.75. The quantitative estimate of drug-likeness (QED) is 0.195. The van der Waals surface area contributed by atoms with Gasteiger partial charge in [0.1, 0.15) is 0 Å². The second-order valence-electron chi connectivity index (χ2n) is 13.4. The van der Waals surface area contributed by atoms with Crippen LogP contribution in [0.4, 0.5) is 0 Å². The molecule has 0 aliphatic heterocycles. The van der Waals surface area contributed by atoms with Gasteiger partial charge in [-0.2, -0.15) is 0 Å². The van der Waals surface area contributed by atoms with Crippen molar-refractivity contribution in [2.24, 2.45) is 22.8 Å². The summed E-state index contributed by atoms with van der Waals surface area (Å²) in [5.41, 5.74) is 23.3. The molecule has 1 aliphatic rings. The van der Waals surface area contributed by atoms with Gasteiger partial charge in [-0.25, -0.2) is 0 Å². The van der Waals surface area contributed by atoms with Crippen molar-refractivity contribution in [3.05, 3.63) is 190 Å². The van der Waals surface area contributed by atoms with Crippen molar-refractivity contribution < 1.29 is 0 Å². The summed E-state index contributed by atoms with van der Waals surface area (Å²) in [7, 11) is 0. The van der Waals surface area contributed by atoms with Crippen molar-refractivity contribution in [1.29, 1.82) is 0 Å². The van der Waals surface area contributed by atoms with Gasteiger partial charge in [-0.15, -0.1) is 0 Å². The Kier molecular flexibility index (Phi) is 19.5. The molecule has 0 radical (unpaired) electrons. The van der Waals surface area contributed by atoms with Crippen LogP contribution in [-0.2, 0) is 6.42 Å². The highest BCUT2D eigenvalue weighted by Crippen LogP contribution is 2.37. The van der Waals surface area contributed by atoms with Crippen molar-refractivity contribution in [3.63, 3.8) is 0 Å². The number of rotatable bonds is 11. The van der Waals surface area contributed by atoms with Crippen LogP contribution in [0.25, 0.3) is 23.4 Å². The highest BCUT2D eigenvalue weighted by Gasteiger charge is 2.22. The highest BCUT2D eigenvalue weighted by molar-refractivity contribution is 5.77. The van der Waals surface area contributed by atoms with E-state index >= 15 is 0 Å². The van der Waals surface area contributed by atoms with Crippen LogP contribution in [0.5, 0.6) is 0 Å². The Morgan fingerprint density at radius 2 is 1.66 bits per heavy atom. The standard InChI is InChI=1S/C47H54N2.2C2H6/c1-7-9-17-38(21-14-23-40-19-10-11-20-42(40)31-33-48)35(3)28-29-39-22-15-24-41(30-32-47(5,6)36(39)4)43-25-16-26-44(34-43)46(49)45-27-13-12-18-37(45)8-2;2*1-2/h7-13,15-21,24-31,33-35H,1,14,22-23,32,48-49H2,2-6H3;2*1-2H3/b17-9-,24-15-,29-28-,33-31-,37-8-,38-21+,39-36+,41-30+,46-45-;;. The Balaban J connectivity index is 0.00000235. The summed E-state index contributed by atoms with van der Waals surface area (Å²) in [5.74, 6) is 0.254. The van der Waals surface area contributed by atoms with Crippen LogP contribution in [0.3, 0.4) is 0 Å². The zero-order valence-electron chi connectivity index (χ0n) is 34.1. The number of hydrogen-bond acceptors (Lipinski definition) is 2. The van der Waals surface area contributed by atoms with E-state index in [4.69, 9.17) is 11.5 Å². The topological polar surface area (TPSA) is 52.0 Å². The van der Waals surface area contributed by atoms with E-state index in [1.165, 1.54) is 39.0 Å². The van der Waals surface area contributed by atoms with Crippen LogP contribution >= 0.6 is 0 Å². The molecule has 4 N–H and O–H groups in total. The minimum Gasteiger partial charge on any atom is -0.405 e. The molecule has 2 heteroatoms. The van der Waals surface area contributed by atoms with E-state index in [1.807, 2.05) is 52.0 Å². The van der Waals surface area contributed by atoms with Gasteiger partial charge < -0.3 is 11.5 Å². The lowest BCUT2D eigenvalue weighted by Crippen LogP contribution is -2.29. The molecular weight excluding hydrogens is 641 g/mol. The molecule has 0 saturated carbocycles. The number of allylic oxidation sites excluding steroid dienone is 13. The lowest BCUT2D eigenvalue weighted by Gasteiger charge is -2.27. The molecule has 0 spiro atoms. The summed E-state index contributed by atoms with van der Waals surface area (Å²) in [6.45, 7) is 23.3. The molecule has 280 valence electrons. The molecule has 0 amide bonds.